The molecule has 1 unspecified atom stereocenters. The van der Waals surface area contributed by atoms with Crippen LogP contribution in [0.5, 0.6) is 0 Å². The summed E-state index contributed by atoms with van der Waals surface area (Å²) < 4.78 is 6.34. The normalized spacial score (nSPS) is 38.6. The molecule has 11 heteroatoms. The molecule has 1 saturated heterocycles. The van der Waals surface area contributed by atoms with Gasteiger partial charge in [-0.3, -0.25) is 24.0 Å². The number of hydrogen-bond donors (Lipinski definition) is 3. The number of carboxylic acid groups (broad SMARTS) is 1. The third-order valence-corrected chi connectivity index (χ3v) is 13.1. The number of aliphatic carboxylic acids is 1. The molecule has 2 bridgehead atoms. The number of carbonyl (C=O) groups excluding carboxylic acids is 2. The average molecular weight is 631 g/mol. The van der Waals surface area contributed by atoms with Crippen LogP contribution in [0.3, 0.4) is 0 Å². The second kappa shape index (κ2) is 11.9. The minimum Gasteiger partial charge on any atom is -0.480 e. The maximum Gasteiger partial charge on any atom is 0.322 e. The molecule has 3 N–H and O–H groups in total. The van der Waals surface area contributed by atoms with Crippen LogP contribution < -0.4 is 21.1 Å². The third-order valence-electron chi connectivity index (χ3n) is 12.1. The molecule has 1 heterocycles. The first-order chi connectivity index (χ1) is 20.7. The third kappa shape index (κ3) is 5.11. The van der Waals surface area contributed by atoms with Gasteiger partial charge in [-0.15, -0.1) is 18.3 Å². The molecule has 3 saturated carbocycles. The second-order valence-corrected chi connectivity index (χ2v) is 15.2. The van der Waals surface area contributed by atoms with Crippen molar-refractivity contribution in [2.24, 2.45) is 34.0 Å². The van der Waals surface area contributed by atoms with Gasteiger partial charge in [0, 0.05) is 41.5 Å². The van der Waals surface area contributed by atoms with Gasteiger partial charge in [0.15, 0.2) is 0 Å². The maximum atomic E-state index is 13.6. The standard InChI is InChI=1S/C33H46N2O8S/c1-6-31(4)14-22(32(5)18(2)9-11-33(19(3)30(31)42)12-10-21(36)29(32)33)43-24(39)17-44-16-20-8-7-13-35(20)26-25(27(40)28(26)41)34-15-23(37)38/h6,18-20,22,29-30,34,42H,1,7-17H2,2-5H3,(H,37,38)/t18-,19+,20?,22-,29+,30+,31-,32+,33+/m1/s1. The van der Waals surface area contributed by atoms with Gasteiger partial charge < -0.3 is 25.2 Å². The van der Waals surface area contributed by atoms with Crippen molar-refractivity contribution in [3.63, 3.8) is 0 Å². The zero-order valence-corrected chi connectivity index (χ0v) is 27.0. The molecule has 242 valence electrons. The molecule has 1 aromatic rings. The van der Waals surface area contributed by atoms with E-state index in [1.165, 1.54) is 11.8 Å². The van der Waals surface area contributed by atoms with Gasteiger partial charge in [0.1, 0.15) is 29.8 Å². The molecule has 4 fully saturated rings. The summed E-state index contributed by atoms with van der Waals surface area (Å²) in [6, 6.07) is -0.0869. The van der Waals surface area contributed by atoms with Crippen LogP contribution in [-0.2, 0) is 19.1 Å². The highest BCUT2D eigenvalue weighted by atomic mass is 32.2. The zero-order valence-electron chi connectivity index (χ0n) is 26.2. The van der Waals surface area contributed by atoms with Gasteiger partial charge in [-0.2, -0.15) is 0 Å². The fraction of sp³-hybridized carbons (Fsp3) is 0.727. The van der Waals surface area contributed by atoms with Crippen LogP contribution >= 0.6 is 11.8 Å². The number of hydrogen-bond acceptors (Lipinski definition) is 10. The van der Waals surface area contributed by atoms with Gasteiger partial charge in [0.25, 0.3) is 10.9 Å². The van der Waals surface area contributed by atoms with Crippen LogP contribution in [0.25, 0.3) is 0 Å². The van der Waals surface area contributed by atoms with Gasteiger partial charge in [-0.05, 0) is 55.8 Å². The van der Waals surface area contributed by atoms with E-state index in [1.807, 2.05) is 11.8 Å². The fourth-order valence-corrected chi connectivity index (χ4v) is 10.2. The lowest BCUT2D eigenvalue weighted by atomic mass is 9.44. The fourth-order valence-electron chi connectivity index (χ4n) is 9.26. The maximum absolute atomic E-state index is 13.6. The van der Waals surface area contributed by atoms with E-state index in [0.29, 0.717) is 25.1 Å². The minimum absolute atomic E-state index is 0.0483. The molecule has 0 spiro atoms. The Balaban J connectivity index is 1.31. The summed E-state index contributed by atoms with van der Waals surface area (Å²) in [7, 11) is 0. The quantitative estimate of drug-likeness (QED) is 0.198. The summed E-state index contributed by atoms with van der Waals surface area (Å²) in [5, 5.41) is 23.3. The SMILES string of the molecule is C=C[C@]1(C)C[C@@H](OC(=O)CSCC2CCCN2c2c(NCC(=O)O)c(=O)c2=O)[C@]2(C)[C@H](C)CC[C@]3(CCC(=O)[C@H]32)[C@@H](C)[C@@H]1O. The van der Waals surface area contributed by atoms with Gasteiger partial charge >= 0.3 is 11.9 Å². The second-order valence-electron chi connectivity index (χ2n) is 14.2. The van der Waals surface area contributed by atoms with Gasteiger partial charge in [0.2, 0.25) is 0 Å². The summed E-state index contributed by atoms with van der Waals surface area (Å²) in [4.78, 5) is 64.4. The van der Waals surface area contributed by atoms with Crippen LogP contribution in [0, 0.1) is 34.0 Å². The van der Waals surface area contributed by atoms with Gasteiger partial charge in [-0.1, -0.05) is 33.8 Å². The number of nitrogens with zero attached hydrogens (tertiary/aromatic N) is 1. The summed E-state index contributed by atoms with van der Waals surface area (Å²) in [6.45, 7) is 12.5. The van der Waals surface area contributed by atoms with Crippen molar-refractivity contribution in [2.75, 3.05) is 34.8 Å². The summed E-state index contributed by atoms with van der Waals surface area (Å²) in [6.07, 6.45) is 5.47. The van der Waals surface area contributed by atoms with Crippen LogP contribution in [0.1, 0.15) is 72.6 Å². The number of nitrogens with one attached hydrogen (secondary N) is 1. The number of ether oxygens (including phenoxy) is 1. The number of ketones is 1. The highest BCUT2D eigenvalue weighted by Gasteiger charge is 2.68. The number of esters is 1. The molecule has 4 aliphatic rings. The summed E-state index contributed by atoms with van der Waals surface area (Å²) in [5.74, 6) is -0.920. The van der Waals surface area contributed by atoms with Crippen LogP contribution in [0.2, 0.25) is 0 Å². The molecule has 3 aliphatic carbocycles. The van der Waals surface area contributed by atoms with Crippen molar-refractivity contribution < 1.29 is 29.3 Å². The number of anilines is 2. The number of thioether (sulfide) groups is 1. The molecule has 5 rings (SSSR count). The van der Waals surface area contributed by atoms with Crippen LogP contribution in [-0.4, -0.2) is 70.8 Å². The lowest BCUT2D eigenvalue weighted by molar-refractivity contribution is -0.205. The first kappa shape index (κ1) is 32.7. The van der Waals surface area contributed by atoms with Crippen molar-refractivity contribution in [2.45, 2.75) is 90.9 Å². The highest BCUT2D eigenvalue weighted by molar-refractivity contribution is 7.99. The molecule has 0 aromatic heterocycles. The monoisotopic (exact) mass is 630 g/mol. The minimum atomic E-state index is -1.13. The Morgan fingerprint density at radius 2 is 1.89 bits per heavy atom. The molecule has 44 heavy (non-hydrogen) atoms. The first-order valence-corrected chi connectivity index (χ1v) is 17.0. The van der Waals surface area contributed by atoms with E-state index < -0.39 is 46.4 Å². The molecular weight excluding hydrogens is 584 g/mol. The Morgan fingerprint density at radius 3 is 2.57 bits per heavy atom. The van der Waals surface area contributed by atoms with Crippen molar-refractivity contribution in [1.29, 1.82) is 0 Å². The van der Waals surface area contributed by atoms with E-state index in [0.717, 1.165) is 32.1 Å². The first-order valence-electron chi connectivity index (χ1n) is 15.9. The van der Waals surface area contributed by atoms with Crippen molar-refractivity contribution in [1.82, 2.24) is 0 Å². The van der Waals surface area contributed by atoms with Gasteiger partial charge in [0.05, 0.1) is 11.9 Å². The average Bonchev–Trinajstić information content (AvgIpc) is 3.59. The molecule has 1 aliphatic heterocycles. The zero-order chi connectivity index (χ0) is 32.2. The Morgan fingerprint density at radius 1 is 1.16 bits per heavy atom. The number of carboxylic acids is 1. The highest BCUT2D eigenvalue weighted by Crippen LogP contribution is 2.68. The summed E-state index contributed by atoms with van der Waals surface area (Å²) in [5.41, 5.74) is -2.64. The number of Topliss-reactive ketones (excluding diaryl/α,β-unsaturated/α-hetero) is 1. The topological polar surface area (TPSA) is 150 Å². The number of carbonyl (C=O) groups is 3. The van der Waals surface area contributed by atoms with Gasteiger partial charge in [-0.25, -0.2) is 0 Å². The molecule has 0 radical (unpaired) electrons. The number of aliphatic hydroxyl groups is 1. The molecule has 0 amide bonds. The molecular formula is C33H46N2O8S. The Hall–Kier alpha value is -2.66. The smallest absolute Gasteiger partial charge is 0.322 e. The van der Waals surface area contributed by atoms with E-state index in [4.69, 9.17) is 9.84 Å². The lowest BCUT2D eigenvalue weighted by Crippen LogP contribution is -2.63. The number of aliphatic hydroxyl groups excluding tert-OH is 1. The molecule has 9 atom stereocenters. The van der Waals surface area contributed by atoms with E-state index in [9.17, 15) is 29.1 Å². The van der Waals surface area contributed by atoms with Crippen LogP contribution in [0.4, 0.5) is 11.4 Å². The van der Waals surface area contributed by atoms with E-state index >= 15 is 0 Å². The summed E-state index contributed by atoms with van der Waals surface area (Å²) >= 11 is 1.40. The van der Waals surface area contributed by atoms with Crippen LogP contribution in [0.15, 0.2) is 22.2 Å². The Bertz CT molecular complexity index is 1400. The largest absolute Gasteiger partial charge is 0.480 e. The molecule has 10 nitrogen and oxygen atoms in total. The number of rotatable bonds is 10. The van der Waals surface area contributed by atoms with E-state index in [1.54, 1.807) is 6.08 Å². The van der Waals surface area contributed by atoms with E-state index in [-0.39, 0.29) is 58.1 Å². The predicted octanol–water partition coefficient (Wildman–Crippen LogP) is 3.39. The molecule has 1 aromatic carbocycles. The van der Waals surface area contributed by atoms with E-state index in [2.05, 4.69) is 32.7 Å². The van der Waals surface area contributed by atoms with Crippen molar-refractivity contribution >= 4 is 40.9 Å². The lowest BCUT2D eigenvalue weighted by Gasteiger charge is -2.61. The Labute approximate surface area is 262 Å². The predicted molar refractivity (Wildman–Crippen MR) is 170 cm³/mol. The van der Waals surface area contributed by atoms with Crippen molar-refractivity contribution in [3.05, 3.63) is 33.1 Å². The van der Waals surface area contributed by atoms with Crippen molar-refractivity contribution in [3.8, 4) is 0 Å². The Kier molecular flexibility index (Phi) is 8.87.